The molecule has 0 saturated heterocycles. The van der Waals surface area contributed by atoms with Gasteiger partial charge in [0.1, 0.15) is 24.7 Å². The molecule has 0 aromatic heterocycles. The summed E-state index contributed by atoms with van der Waals surface area (Å²) in [6.07, 6.45) is 4.71. The first-order chi connectivity index (χ1) is 10.3. The first-order valence-electron chi connectivity index (χ1n) is 6.51. The van der Waals surface area contributed by atoms with Gasteiger partial charge in [-0.3, -0.25) is 4.79 Å². The van der Waals surface area contributed by atoms with Crippen LogP contribution in [-0.4, -0.2) is 23.7 Å². The molecule has 0 spiro atoms. The number of allylic oxidation sites excluding steroid dienone is 3. The van der Waals surface area contributed by atoms with E-state index >= 15 is 0 Å². The summed E-state index contributed by atoms with van der Waals surface area (Å²) in [5, 5.41) is 18.2. The van der Waals surface area contributed by atoms with Crippen LogP contribution in [0.1, 0.15) is 12.8 Å². The molecule has 0 bridgehead atoms. The quantitative estimate of drug-likeness (QED) is 0.404. The molecule has 0 unspecified atom stereocenters. The summed E-state index contributed by atoms with van der Waals surface area (Å²) in [5.41, 5.74) is 6.57. The number of carboxylic acids is 1. The average molecular weight is 527 g/mol. The van der Waals surface area contributed by atoms with Crippen LogP contribution in [0, 0.1) is 0 Å². The Kier molecular flexibility index (Phi) is 5.72. The zero-order valence-electron chi connectivity index (χ0n) is 11.5. The molecular formula is C15H15I2NO4. The lowest BCUT2D eigenvalue weighted by atomic mass is 9.97. The van der Waals surface area contributed by atoms with Gasteiger partial charge in [0, 0.05) is 0 Å². The van der Waals surface area contributed by atoms with E-state index in [1.54, 1.807) is 24.3 Å². The van der Waals surface area contributed by atoms with Gasteiger partial charge in [-0.1, -0.05) is 56.8 Å². The minimum Gasteiger partial charge on any atom is -0.508 e. The van der Waals surface area contributed by atoms with E-state index < -0.39 is 12.0 Å². The van der Waals surface area contributed by atoms with Crippen molar-refractivity contribution in [2.24, 2.45) is 5.73 Å². The number of aromatic hydroxyl groups is 1. The predicted octanol–water partition coefficient (Wildman–Crippen LogP) is 3.35. The third kappa shape index (κ3) is 4.59. The van der Waals surface area contributed by atoms with Crippen LogP contribution >= 0.6 is 45.2 Å². The Balaban J connectivity index is 2.14. The second kappa shape index (κ2) is 7.18. The van der Waals surface area contributed by atoms with E-state index in [0.717, 1.165) is 11.3 Å². The number of aliphatic carboxylic acids is 1. The van der Waals surface area contributed by atoms with E-state index in [9.17, 15) is 9.90 Å². The van der Waals surface area contributed by atoms with Gasteiger partial charge in [0.05, 0.1) is 0 Å². The maximum Gasteiger partial charge on any atom is 0.320 e. The summed E-state index contributed by atoms with van der Waals surface area (Å²) in [4.78, 5) is 10.9. The van der Waals surface area contributed by atoms with E-state index in [0.29, 0.717) is 18.6 Å². The summed E-state index contributed by atoms with van der Waals surface area (Å²) in [5.74, 6) is 0.599. The standard InChI is InChI=1S/C15H15I2NO4/c16-15(17)8-9(7-12(18)14(20)21)1-6-13(15)22-11-4-2-10(19)3-5-11/h1-6,12,19H,7-8,18H2,(H,20,21)/t12-/m0/s1. The predicted molar refractivity (Wildman–Crippen MR) is 101 cm³/mol. The molecule has 1 aromatic rings. The second-order valence-electron chi connectivity index (χ2n) is 4.98. The Morgan fingerprint density at radius 3 is 2.50 bits per heavy atom. The highest BCUT2D eigenvalue weighted by Crippen LogP contribution is 2.45. The van der Waals surface area contributed by atoms with Gasteiger partial charge in [-0.15, -0.1) is 0 Å². The third-order valence-corrected chi connectivity index (χ3v) is 4.97. The molecule has 0 fully saturated rings. The molecule has 1 atom stereocenters. The number of carboxylic acid groups (broad SMARTS) is 1. The first-order valence-corrected chi connectivity index (χ1v) is 8.67. The molecule has 1 aliphatic carbocycles. The molecule has 0 aliphatic heterocycles. The van der Waals surface area contributed by atoms with Crippen molar-refractivity contribution in [2.75, 3.05) is 0 Å². The van der Waals surface area contributed by atoms with Crippen molar-refractivity contribution in [3.05, 3.63) is 47.7 Å². The van der Waals surface area contributed by atoms with Crippen molar-refractivity contribution in [1.29, 1.82) is 0 Å². The van der Waals surface area contributed by atoms with E-state index in [1.165, 1.54) is 0 Å². The molecule has 0 saturated carbocycles. The molecule has 22 heavy (non-hydrogen) atoms. The van der Waals surface area contributed by atoms with Crippen LogP contribution < -0.4 is 10.5 Å². The molecule has 118 valence electrons. The lowest BCUT2D eigenvalue weighted by Crippen LogP contribution is -2.32. The van der Waals surface area contributed by atoms with Crippen molar-refractivity contribution in [3.63, 3.8) is 0 Å². The van der Waals surface area contributed by atoms with Gasteiger partial charge in [0.25, 0.3) is 0 Å². The Labute approximate surface area is 155 Å². The largest absolute Gasteiger partial charge is 0.508 e. The fourth-order valence-corrected chi connectivity index (χ4v) is 3.57. The number of alkyl halides is 2. The highest BCUT2D eigenvalue weighted by Gasteiger charge is 2.34. The minimum absolute atomic E-state index is 0.185. The Morgan fingerprint density at radius 2 is 1.95 bits per heavy atom. The molecule has 1 aliphatic rings. The highest BCUT2D eigenvalue weighted by molar-refractivity contribution is 14.2. The monoisotopic (exact) mass is 527 g/mol. The van der Waals surface area contributed by atoms with Crippen LogP contribution in [-0.2, 0) is 4.79 Å². The van der Waals surface area contributed by atoms with Gasteiger partial charge in [0.2, 0.25) is 0 Å². The number of benzene rings is 1. The second-order valence-corrected chi connectivity index (χ2v) is 10.7. The van der Waals surface area contributed by atoms with Crippen molar-refractivity contribution in [3.8, 4) is 11.5 Å². The number of phenolic OH excluding ortho intramolecular Hbond substituents is 1. The Hall–Kier alpha value is -0.810. The Morgan fingerprint density at radius 1 is 1.32 bits per heavy atom. The van der Waals surface area contributed by atoms with Gasteiger partial charge < -0.3 is 20.7 Å². The molecule has 7 heteroatoms. The van der Waals surface area contributed by atoms with Crippen LogP contribution in [0.15, 0.2) is 47.7 Å². The third-order valence-electron chi connectivity index (χ3n) is 3.14. The molecule has 0 radical (unpaired) electrons. The van der Waals surface area contributed by atoms with Crippen LogP contribution in [0.25, 0.3) is 0 Å². The number of nitrogens with two attached hydrogens (primary N) is 1. The topological polar surface area (TPSA) is 92.8 Å². The lowest BCUT2D eigenvalue weighted by Gasteiger charge is -2.29. The maximum atomic E-state index is 10.9. The molecule has 4 N–H and O–H groups in total. The lowest BCUT2D eigenvalue weighted by molar-refractivity contribution is -0.138. The summed E-state index contributed by atoms with van der Waals surface area (Å²) in [7, 11) is 0. The van der Waals surface area contributed by atoms with E-state index in [-0.39, 0.29) is 7.18 Å². The number of ether oxygens (including phenoxy) is 1. The molecular weight excluding hydrogens is 512 g/mol. The van der Waals surface area contributed by atoms with E-state index in [2.05, 4.69) is 45.2 Å². The molecule has 1 aromatic carbocycles. The highest BCUT2D eigenvalue weighted by atomic mass is 127. The minimum atomic E-state index is -0.997. The first kappa shape index (κ1) is 17.5. The fraction of sp³-hybridized carbons (Fsp3) is 0.267. The van der Waals surface area contributed by atoms with Crippen molar-refractivity contribution >= 4 is 51.2 Å². The van der Waals surface area contributed by atoms with Gasteiger partial charge in [0.15, 0.2) is 0 Å². The number of hydrogen-bond acceptors (Lipinski definition) is 4. The van der Waals surface area contributed by atoms with E-state index in [4.69, 9.17) is 15.6 Å². The smallest absolute Gasteiger partial charge is 0.320 e. The van der Waals surface area contributed by atoms with Crippen LogP contribution in [0.2, 0.25) is 0 Å². The SMILES string of the molecule is N[C@@H](CC1=CC=C(Oc2ccc(O)cc2)C(I)(I)C1)C(=O)O. The molecule has 0 amide bonds. The van der Waals surface area contributed by atoms with Crippen molar-refractivity contribution in [2.45, 2.75) is 20.3 Å². The number of carbonyl (C=O) groups is 1. The average Bonchev–Trinajstić information content (AvgIpc) is 2.43. The number of rotatable bonds is 5. The van der Waals surface area contributed by atoms with Crippen molar-refractivity contribution < 1.29 is 19.7 Å². The normalized spacial score (nSPS) is 18.1. The van der Waals surface area contributed by atoms with Crippen LogP contribution in [0.4, 0.5) is 0 Å². The summed E-state index contributed by atoms with van der Waals surface area (Å²) < 4.78 is 5.56. The van der Waals surface area contributed by atoms with Gasteiger partial charge in [-0.05, 0) is 43.2 Å². The zero-order chi connectivity index (χ0) is 16.3. The molecule has 5 nitrogen and oxygen atoms in total. The zero-order valence-corrected chi connectivity index (χ0v) is 15.8. The van der Waals surface area contributed by atoms with Gasteiger partial charge >= 0.3 is 5.97 Å². The maximum absolute atomic E-state index is 10.9. The fourth-order valence-electron chi connectivity index (χ4n) is 2.01. The molecule has 0 heterocycles. The number of halogens is 2. The van der Waals surface area contributed by atoms with E-state index in [1.807, 2.05) is 12.2 Å². The van der Waals surface area contributed by atoms with Crippen LogP contribution in [0.5, 0.6) is 11.5 Å². The summed E-state index contributed by atoms with van der Waals surface area (Å²) in [6.45, 7) is 0. The summed E-state index contributed by atoms with van der Waals surface area (Å²) in [6, 6.07) is 5.63. The van der Waals surface area contributed by atoms with Crippen LogP contribution in [0.3, 0.4) is 0 Å². The van der Waals surface area contributed by atoms with Gasteiger partial charge in [-0.25, -0.2) is 0 Å². The Bertz CT molecular complexity index is 623. The summed E-state index contributed by atoms with van der Waals surface area (Å²) >= 11 is 4.56. The molecule has 2 rings (SSSR count). The van der Waals surface area contributed by atoms with Crippen molar-refractivity contribution in [1.82, 2.24) is 0 Å². The number of phenols is 1. The number of hydrogen-bond donors (Lipinski definition) is 3. The van der Waals surface area contributed by atoms with Gasteiger partial charge in [-0.2, -0.15) is 0 Å².